The summed E-state index contributed by atoms with van der Waals surface area (Å²) in [5.74, 6) is 0. The van der Waals surface area contributed by atoms with Crippen molar-refractivity contribution in [3.05, 3.63) is 96.1 Å². The Morgan fingerprint density at radius 2 is 1.46 bits per heavy atom. The van der Waals surface area contributed by atoms with Crippen molar-refractivity contribution in [1.82, 2.24) is 0 Å². The number of nitrogens with zero attached hydrogens (tertiary/aromatic N) is 2. The SMILES string of the molecule is CCON1c2ccccc2C(=Nc2ccccc2)C1(C)c1ccccc1. The van der Waals surface area contributed by atoms with Crippen molar-refractivity contribution in [3.63, 3.8) is 0 Å². The van der Waals surface area contributed by atoms with Crippen LogP contribution < -0.4 is 5.06 Å². The average molecular weight is 342 g/mol. The first-order valence-corrected chi connectivity index (χ1v) is 8.97. The molecular formula is C23H22N2O. The maximum Gasteiger partial charge on any atom is 0.132 e. The van der Waals surface area contributed by atoms with Gasteiger partial charge in [0.15, 0.2) is 0 Å². The minimum Gasteiger partial charge on any atom is -0.273 e. The van der Waals surface area contributed by atoms with Gasteiger partial charge in [0.1, 0.15) is 5.54 Å². The highest BCUT2D eigenvalue weighted by atomic mass is 16.7. The number of anilines is 1. The number of aliphatic imine (C=N–C) groups is 1. The highest BCUT2D eigenvalue weighted by Gasteiger charge is 2.48. The summed E-state index contributed by atoms with van der Waals surface area (Å²) in [5.41, 5.74) is 4.75. The zero-order chi connectivity index (χ0) is 18.0. The van der Waals surface area contributed by atoms with Gasteiger partial charge in [-0.1, -0.05) is 66.7 Å². The number of hydrogen-bond acceptors (Lipinski definition) is 3. The Hall–Kier alpha value is -2.91. The van der Waals surface area contributed by atoms with Crippen LogP contribution in [0.25, 0.3) is 0 Å². The Morgan fingerprint density at radius 1 is 0.846 bits per heavy atom. The second-order valence-corrected chi connectivity index (χ2v) is 6.46. The predicted molar refractivity (Wildman–Crippen MR) is 107 cm³/mol. The molecule has 1 aliphatic rings. The average Bonchev–Trinajstić information content (AvgIpc) is 2.94. The summed E-state index contributed by atoms with van der Waals surface area (Å²) in [7, 11) is 0. The molecule has 0 N–H and O–H groups in total. The minimum absolute atomic E-state index is 0.503. The lowest BCUT2D eigenvalue weighted by molar-refractivity contribution is 0.0884. The molecule has 0 saturated carbocycles. The third-order valence-corrected chi connectivity index (χ3v) is 4.84. The van der Waals surface area contributed by atoms with Gasteiger partial charge in [-0.2, -0.15) is 0 Å². The van der Waals surface area contributed by atoms with Gasteiger partial charge in [-0.15, -0.1) is 0 Å². The molecule has 0 amide bonds. The molecular weight excluding hydrogens is 320 g/mol. The molecule has 3 aromatic rings. The van der Waals surface area contributed by atoms with Crippen LogP contribution in [0.2, 0.25) is 0 Å². The molecule has 3 nitrogen and oxygen atoms in total. The first-order valence-electron chi connectivity index (χ1n) is 8.97. The maximum atomic E-state index is 6.12. The lowest BCUT2D eigenvalue weighted by Gasteiger charge is -2.36. The normalized spacial score (nSPS) is 20.4. The Bertz CT molecular complexity index is 921. The van der Waals surface area contributed by atoms with Crippen molar-refractivity contribution in [1.29, 1.82) is 0 Å². The molecule has 0 fully saturated rings. The van der Waals surface area contributed by atoms with E-state index in [0.29, 0.717) is 6.61 Å². The van der Waals surface area contributed by atoms with Gasteiger partial charge in [-0.25, -0.2) is 10.1 Å². The fourth-order valence-electron chi connectivity index (χ4n) is 3.60. The Balaban J connectivity index is 1.97. The molecule has 0 saturated heterocycles. The van der Waals surface area contributed by atoms with Crippen LogP contribution in [-0.2, 0) is 10.4 Å². The molecule has 1 aliphatic heterocycles. The van der Waals surface area contributed by atoms with Crippen LogP contribution >= 0.6 is 0 Å². The lowest BCUT2D eigenvalue weighted by atomic mass is 9.86. The van der Waals surface area contributed by atoms with Crippen LogP contribution in [0.3, 0.4) is 0 Å². The van der Waals surface area contributed by atoms with E-state index < -0.39 is 5.54 Å². The number of hydroxylamine groups is 1. The van der Waals surface area contributed by atoms with Gasteiger partial charge in [-0.3, -0.25) is 4.84 Å². The minimum atomic E-state index is -0.503. The van der Waals surface area contributed by atoms with E-state index in [1.807, 2.05) is 54.5 Å². The number of benzene rings is 3. The summed E-state index contributed by atoms with van der Waals surface area (Å²) in [5, 5.41) is 2.01. The van der Waals surface area contributed by atoms with Crippen molar-refractivity contribution in [3.8, 4) is 0 Å². The van der Waals surface area contributed by atoms with E-state index in [2.05, 4.69) is 49.4 Å². The molecule has 26 heavy (non-hydrogen) atoms. The topological polar surface area (TPSA) is 24.8 Å². The quantitative estimate of drug-likeness (QED) is 0.626. The summed E-state index contributed by atoms with van der Waals surface area (Å²) in [6.07, 6.45) is 0. The first-order chi connectivity index (χ1) is 12.7. The fraction of sp³-hybridized carbons (Fsp3) is 0.174. The van der Waals surface area contributed by atoms with Crippen LogP contribution in [0.1, 0.15) is 25.0 Å². The van der Waals surface area contributed by atoms with E-state index in [4.69, 9.17) is 9.83 Å². The van der Waals surface area contributed by atoms with Crippen molar-refractivity contribution in [2.24, 2.45) is 4.99 Å². The van der Waals surface area contributed by atoms with Crippen LogP contribution in [-0.4, -0.2) is 12.3 Å². The van der Waals surface area contributed by atoms with Crippen LogP contribution in [0.15, 0.2) is 89.9 Å². The Labute approximate surface area is 154 Å². The molecule has 3 aromatic carbocycles. The van der Waals surface area contributed by atoms with Gasteiger partial charge in [0, 0.05) is 5.56 Å². The van der Waals surface area contributed by atoms with Crippen molar-refractivity contribution < 1.29 is 4.84 Å². The molecule has 4 rings (SSSR count). The smallest absolute Gasteiger partial charge is 0.132 e. The molecule has 3 heteroatoms. The maximum absolute atomic E-state index is 6.12. The zero-order valence-corrected chi connectivity index (χ0v) is 15.1. The molecule has 0 aliphatic carbocycles. The molecule has 1 atom stereocenters. The number of rotatable bonds is 4. The number of para-hydroxylation sites is 2. The van der Waals surface area contributed by atoms with Gasteiger partial charge in [0.25, 0.3) is 0 Å². The molecule has 1 heterocycles. The summed E-state index contributed by atoms with van der Waals surface area (Å²) in [6, 6.07) is 28.9. The van der Waals surface area contributed by atoms with Gasteiger partial charge >= 0.3 is 0 Å². The van der Waals surface area contributed by atoms with E-state index in [1.54, 1.807) is 0 Å². The fourth-order valence-corrected chi connectivity index (χ4v) is 3.60. The highest BCUT2D eigenvalue weighted by molar-refractivity contribution is 6.17. The van der Waals surface area contributed by atoms with Crippen molar-refractivity contribution >= 4 is 17.1 Å². The third kappa shape index (κ3) is 2.61. The second-order valence-electron chi connectivity index (χ2n) is 6.46. The molecule has 0 bridgehead atoms. The van der Waals surface area contributed by atoms with E-state index in [1.165, 1.54) is 0 Å². The number of hydrogen-bond donors (Lipinski definition) is 0. The van der Waals surface area contributed by atoms with Crippen LogP contribution in [0.4, 0.5) is 11.4 Å². The van der Waals surface area contributed by atoms with Crippen molar-refractivity contribution in [2.45, 2.75) is 19.4 Å². The largest absolute Gasteiger partial charge is 0.273 e. The molecule has 0 aromatic heterocycles. The number of fused-ring (bicyclic) bond motifs is 1. The van der Waals surface area contributed by atoms with Gasteiger partial charge < -0.3 is 0 Å². The highest BCUT2D eigenvalue weighted by Crippen LogP contribution is 2.46. The first kappa shape index (κ1) is 16.6. The second kappa shape index (κ2) is 6.77. The van der Waals surface area contributed by atoms with Crippen LogP contribution in [0, 0.1) is 0 Å². The van der Waals surface area contributed by atoms with E-state index >= 15 is 0 Å². The summed E-state index contributed by atoms with van der Waals surface area (Å²) in [4.78, 5) is 11.2. The van der Waals surface area contributed by atoms with Gasteiger partial charge in [0.2, 0.25) is 0 Å². The summed E-state index contributed by atoms with van der Waals surface area (Å²) >= 11 is 0. The van der Waals surface area contributed by atoms with Gasteiger partial charge in [-0.05, 0) is 37.6 Å². The monoisotopic (exact) mass is 342 g/mol. The zero-order valence-electron chi connectivity index (χ0n) is 15.1. The van der Waals surface area contributed by atoms with Gasteiger partial charge in [0.05, 0.1) is 23.7 Å². The van der Waals surface area contributed by atoms with Crippen molar-refractivity contribution in [2.75, 3.05) is 11.7 Å². The lowest BCUT2D eigenvalue weighted by Crippen LogP contribution is -2.45. The van der Waals surface area contributed by atoms with E-state index in [0.717, 1.165) is 28.2 Å². The molecule has 0 radical (unpaired) electrons. The molecule has 0 spiro atoms. The third-order valence-electron chi connectivity index (χ3n) is 4.84. The molecule has 1 unspecified atom stereocenters. The summed E-state index contributed by atoms with van der Waals surface area (Å²) < 4.78 is 0. The summed E-state index contributed by atoms with van der Waals surface area (Å²) in [6.45, 7) is 4.79. The van der Waals surface area contributed by atoms with E-state index in [9.17, 15) is 0 Å². The van der Waals surface area contributed by atoms with E-state index in [-0.39, 0.29) is 0 Å². The molecule has 130 valence electrons. The Kier molecular flexibility index (Phi) is 4.31. The predicted octanol–water partition coefficient (Wildman–Crippen LogP) is 5.49. The standard InChI is InChI=1S/C23H22N2O/c1-3-26-25-21-17-11-10-16-20(21)22(24-19-14-8-5-9-15-19)23(25,2)18-12-6-4-7-13-18/h4-17H,3H2,1-2H3. The Morgan fingerprint density at radius 3 is 2.15 bits per heavy atom. The van der Waals surface area contributed by atoms with Crippen LogP contribution in [0.5, 0.6) is 0 Å².